The van der Waals surface area contributed by atoms with Gasteiger partial charge in [-0.15, -0.1) is 0 Å². The molecule has 0 radical (unpaired) electrons. The topological polar surface area (TPSA) is 105 Å². The van der Waals surface area contributed by atoms with Gasteiger partial charge in [0.05, 0.1) is 39.9 Å². The van der Waals surface area contributed by atoms with Crippen molar-refractivity contribution in [1.29, 1.82) is 0 Å². The van der Waals surface area contributed by atoms with E-state index in [0.29, 0.717) is 17.4 Å². The van der Waals surface area contributed by atoms with E-state index in [2.05, 4.69) is 43.5 Å². The number of unbranched alkanes of at least 4 members (excludes halogenated alkanes) is 41. The van der Waals surface area contributed by atoms with E-state index >= 15 is 0 Å². The van der Waals surface area contributed by atoms with Crippen LogP contribution in [-0.4, -0.2) is 73.4 Å². The molecular formula is C63H124N2O6P+. The smallest absolute Gasteiger partial charge is 0.387 e. The predicted molar refractivity (Wildman–Crippen MR) is 314 cm³/mol. The van der Waals surface area contributed by atoms with Crippen molar-refractivity contribution in [3.63, 3.8) is 0 Å². The molecule has 0 spiro atoms. The maximum absolute atomic E-state index is 13.0. The Balaban J connectivity index is 4.18. The largest absolute Gasteiger partial charge is 0.472 e. The highest BCUT2D eigenvalue weighted by Gasteiger charge is 2.27. The van der Waals surface area contributed by atoms with Crippen molar-refractivity contribution in [1.82, 2.24) is 5.32 Å². The Bertz CT molecular complexity index is 1270. The van der Waals surface area contributed by atoms with Gasteiger partial charge >= 0.3 is 7.82 Å². The number of quaternary nitrogens is 1. The van der Waals surface area contributed by atoms with Gasteiger partial charge in [0.25, 0.3) is 0 Å². The molecule has 8 nitrogen and oxygen atoms in total. The van der Waals surface area contributed by atoms with E-state index in [-0.39, 0.29) is 19.1 Å². The monoisotopic (exact) mass is 1040 g/mol. The quantitative estimate of drug-likeness (QED) is 0.0243. The van der Waals surface area contributed by atoms with E-state index in [1.54, 1.807) is 6.08 Å². The van der Waals surface area contributed by atoms with Crippen LogP contribution in [0.1, 0.15) is 309 Å². The lowest BCUT2D eigenvalue weighted by atomic mass is 10.0. The fraction of sp³-hybridized carbons (Fsp3) is 0.889. The summed E-state index contributed by atoms with van der Waals surface area (Å²) in [5, 5.41) is 14.0. The van der Waals surface area contributed by atoms with Crippen molar-refractivity contribution in [3.05, 3.63) is 36.5 Å². The van der Waals surface area contributed by atoms with Crippen molar-refractivity contribution >= 4 is 13.7 Å². The van der Waals surface area contributed by atoms with Gasteiger partial charge in [0.1, 0.15) is 13.2 Å². The molecule has 0 bridgehead atoms. The number of aliphatic hydroxyl groups excluding tert-OH is 1. The van der Waals surface area contributed by atoms with Crippen LogP contribution in [-0.2, 0) is 18.4 Å². The Kier molecular flexibility index (Phi) is 53.5. The van der Waals surface area contributed by atoms with Gasteiger partial charge in [-0.3, -0.25) is 13.8 Å². The number of nitrogens with zero attached hydrogens (tertiary/aromatic N) is 1. The number of phosphoric acid groups is 1. The molecule has 3 unspecified atom stereocenters. The number of aliphatic hydroxyl groups is 1. The van der Waals surface area contributed by atoms with E-state index in [1.165, 1.54) is 250 Å². The van der Waals surface area contributed by atoms with Crippen LogP contribution >= 0.6 is 7.82 Å². The van der Waals surface area contributed by atoms with E-state index in [9.17, 15) is 19.4 Å². The minimum atomic E-state index is -4.36. The minimum Gasteiger partial charge on any atom is -0.387 e. The number of allylic oxidation sites excluding steroid dienone is 5. The lowest BCUT2D eigenvalue weighted by Crippen LogP contribution is -2.45. The lowest BCUT2D eigenvalue weighted by molar-refractivity contribution is -0.870. The summed E-state index contributed by atoms with van der Waals surface area (Å²) >= 11 is 0. The Morgan fingerprint density at radius 3 is 1.11 bits per heavy atom. The van der Waals surface area contributed by atoms with Gasteiger partial charge in [-0.2, -0.15) is 0 Å². The molecular weight excluding hydrogens is 912 g/mol. The number of likely N-dealkylation sites (N-methyl/N-ethyl adjacent to an activating group) is 1. The van der Waals surface area contributed by atoms with E-state index in [1.807, 2.05) is 27.2 Å². The van der Waals surface area contributed by atoms with Gasteiger partial charge in [-0.05, 0) is 57.8 Å². The molecule has 0 aromatic carbocycles. The Labute approximate surface area is 448 Å². The number of hydrogen-bond acceptors (Lipinski definition) is 5. The van der Waals surface area contributed by atoms with Crippen LogP contribution in [0.4, 0.5) is 0 Å². The third kappa shape index (κ3) is 56.4. The standard InChI is InChI=1S/C63H123N2O6P/c1-6-8-10-12-14-16-18-20-22-24-26-28-30-31-32-33-35-36-38-40-42-44-46-48-50-52-54-56-62(66)61(60-71-72(68,69)70-59-58-65(3,4)5)64-63(67)57-55-53-51-49-47-45-43-41-39-37-34-29-27-25-23-21-19-17-15-13-11-9-7-2/h25,27,46,48,54,56,61-62,66H,6-24,26,28-45,47,49-53,55,57-60H2,1-5H3,(H-,64,67,68,69)/p+1/b27-25-,48-46+,56-54+. The molecule has 0 heterocycles. The number of nitrogens with one attached hydrogen (secondary N) is 1. The highest BCUT2D eigenvalue weighted by molar-refractivity contribution is 7.47. The molecule has 0 aliphatic rings. The molecule has 0 saturated carbocycles. The molecule has 0 aliphatic heterocycles. The van der Waals surface area contributed by atoms with Crippen molar-refractivity contribution in [2.24, 2.45) is 0 Å². The first-order valence-corrected chi connectivity index (χ1v) is 32.9. The predicted octanol–water partition coefficient (Wildman–Crippen LogP) is 19.3. The summed E-state index contributed by atoms with van der Waals surface area (Å²) in [6, 6.07) is -0.864. The summed E-state index contributed by atoms with van der Waals surface area (Å²) in [5.41, 5.74) is 0. The van der Waals surface area contributed by atoms with Crippen LogP contribution in [0.25, 0.3) is 0 Å². The third-order valence-electron chi connectivity index (χ3n) is 14.3. The van der Waals surface area contributed by atoms with Crippen molar-refractivity contribution in [2.75, 3.05) is 40.9 Å². The molecule has 3 atom stereocenters. The molecule has 0 aromatic rings. The zero-order chi connectivity index (χ0) is 52.7. The van der Waals surface area contributed by atoms with E-state index < -0.39 is 20.0 Å². The van der Waals surface area contributed by atoms with Crippen LogP contribution in [0.3, 0.4) is 0 Å². The van der Waals surface area contributed by atoms with Crippen molar-refractivity contribution in [2.45, 2.75) is 321 Å². The Hall–Kier alpha value is -1.28. The molecule has 0 rings (SSSR count). The first-order valence-electron chi connectivity index (χ1n) is 31.4. The number of rotatable bonds is 58. The zero-order valence-electron chi connectivity index (χ0n) is 48.7. The number of carbonyl (C=O) groups is 1. The second kappa shape index (κ2) is 54.5. The van der Waals surface area contributed by atoms with E-state index in [0.717, 1.165) is 38.5 Å². The van der Waals surface area contributed by atoms with Crippen LogP contribution < -0.4 is 5.32 Å². The molecule has 426 valence electrons. The molecule has 0 saturated heterocycles. The fourth-order valence-electron chi connectivity index (χ4n) is 9.41. The zero-order valence-corrected chi connectivity index (χ0v) is 49.6. The average Bonchev–Trinajstić information content (AvgIpc) is 3.34. The SMILES string of the molecule is CCCCCCCCCC/C=C\CCCCCCCCCCCCCC(=O)NC(COP(=O)(O)OCC[N+](C)(C)C)C(O)/C=C/CC/C=C/CCCCCCCCCCCCCCCCCCCCCCC. The van der Waals surface area contributed by atoms with Crippen LogP contribution in [0.15, 0.2) is 36.5 Å². The minimum absolute atomic E-state index is 0.0570. The van der Waals surface area contributed by atoms with Gasteiger partial charge in [-0.25, -0.2) is 4.57 Å². The average molecular weight is 1040 g/mol. The summed E-state index contributed by atoms with van der Waals surface area (Å²) in [7, 11) is 1.56. The van der Waals surface area contributed by atoms with Gasteiger partial charge in [0, 0.05) is 6.42 Å². The van der Waals surface area contributed by atoms with Gasteiger partial charge in [0.2, 0.25) is 5.91 Å². The first kappa shape index (κ1) is 70.7. The Morgan fingerprint density at radius 1 is 0.458 bits per heavy atom. The number of carbonyl (C=O) groups excluding carboxylic acids is 1. The van der Waals surface area contributed by atoms with Crippen molar-refractivity contribution < 1.29 is 32.9 Å². The highest BCUT2D eigenvalue weighted by atomic mass is 31.2. The maximum atomic E-state index is 13.0. The second-order valence-corrected chi connectivity index (χ2v) is 24.2. The van der Waals surface area contributed by atoms with Gasteiger partial charge < -0.3 is 19.8 Å². The normalized spacial score (nSPS) is 14.0. The number of phosphoric ester groups is 1. The maximum Gasteiger partial charge on any atom is 0.472 e. The highest BCUT2D eigenvalue weighted by Crippen LogP contribution is 2.43. The summed E-state index contributed by atoms with van der Waals surface area (Å²) < 4.78 is 23.7. The van der Waals surface area contributed by atoms with Crippen LogP contribution in [0.2, 0.25) is 0 Å². The summed E-state index contributed by atoms with van der Waals surface area (Å²) in [5.74, 6) is -0.183. The van der Waals surface area contributed by atoms with Crippen LogP contribution in [0.5, 0.6) is 0 Å². The molecule has 1 amide bonds. The molecule has 72 heavy (non-hydrogen) atoms. The Morgan fingerprint density at radius 2 is 0.764 bits per heavy atom. The fourth-order valence-corrected chi connectivity index (χ4v) is 10.1. The first-order chi connectivity index (χ1) is 35.0. The third-order valence-corrected chi connectivity index (χ3v) is 15.3. The summed E-state index contributed by atoms with van der Waals surface area (Å²) in [6.07, 6.45) is 71.3. The molecule has 0 aliphatic carbocycles. The van der Waals surface area contributed by atoms with Gasteiger partial charge in [-0.1, -0.05) is 281 Å². The molecule has 0 fully saturated rings. The summed E-state index contributed by atoms with van der Waals surface area (Å²) in [4.78, 5) is 23.3. The number of hydrogen-bond donors (Lipinski definition) is 3. The van der Waals surface area contributed by atoms with Gasteiger partial charge in [0.15, 0.2) is 0 Å². The molecule has 9 heteroatoms. The van der Waals surface area contributed by atoms with E-state index in [4.69, 9.17) is 9.05 Å². The summed E-state index contributed by atoms with van der Waals surface area (Å²) in [6.45, 7) is 4.84. The number of amides is 1. The molecule has 0 aromatic heterocycles. The van der Waals surface area contributed by atoms with Crippen LogP contribution in [0, 0.1) is 0 Å². The molecule has 3 N–H and O–H groups in total. The second-order valence-electron chi connectivity index (χ2n) is 22.8. The lowest BCUT2D eigenvalue weighted by Gasteiger charge is -2.25. The van der Waals surface area contributed by atoms with Crippen molar-refractivity contribution in [3.8, 4) is 0 Å².